The van der Waals surface area contributed by atoms with Crippen molar-refractivity contribution >= 4 is 35.8 Å². The number of fused-ring (bicyclic) bond motifs is 1. The summed E-state index contributed by atoms with van der Waals surface area (Å²) in [5.74, 6) is -0.180. The van der Waals surface area contributed by atoms with Gasteiger partial charge in [-0.3, -0.25) is 19.3 Å². The fourth-order valence-electron chi connectivity index (χ4n) is 2.48. The molecule has 6 heteroatoms. The molecule has 0 radical (unpaired) electrons. The molecule has 1 aromatic carbocycles. The molecule has 2 aromatic rings. The standard InChI is InChI=1S/C17H15N3O2S/c1-3-6-20-16(22)13(15(21)19-17(20)23)8-11-9-18-14-7-10(2)4-5-12(11)14/h3-5,7-9,22H,1,6H2,2H3,(H,19,21,23). The third-order valence-corrected chi connectivity index (χ3v) is 3.95. The lowest BCUT2D eigenvalue weighted by Gasteiger charge is -2.09. The number of aryl methyl sites for hydroxylation is 1. The molecule has 1 aromatic heterocycles. The molecule has 3 rings (SSSR count). The second kappa shape index (κ2) is 5.81. The van der Waals surface area contributed by atoms with Crippen LogP contribution in [0.2, 0.25) is 0 Å². The average molecular weight is 325 g/mol. The maximum absolute atomic E-state index is 12.2. The number of benzene rings is 1. The highest BCUT2D eigenvalue weighted by molar-refractivity contribution is 7.71. The summed E-state index contributed by atoms with van der Waals surface area (Å²) in [5, 5.41) is 10.4. The number of nitrogens with one attached hydrogen (secondary N) is 1. The molecule has 0 saturated carbocycles. The SMILES string of the molecule is C=CCn1c(O)c(C=C2C=Nc3cc(C)ccc32)c(=O)[nH]c1=S. The van der Waals surface area contributed by atoms with Crippen molar-refractivity contribution in [3.63, 3.8) is 0 Å². The summed E-state index contributed by atoms with van der Waals surface area (Å²) in [7, 11) is 0. The number of hydrogen-bond donors (Lipinski definition) is 2. The second-order valence-electron chi connectivity index (χ2n) is 5.27. The third kappa shape index (κ3) is 2.68. The van der Waals surface area contributed by atoms with Crippen LogP contribution in [0.25, 0.3) is 11.6 Å². The van der Waals surface area contributed by atoms with E-state index in [0.29, 0.717) is 6.54 Å². The smallest absolute Gasteiger partial charge is 0.262 e. The summed E-state index contributed by atoms with van der Waals surface area (Å²) < 4.78 is 1.57. The molecular weight excluding hydrogens is 310 g/mol. The van der Waals surface area contributed by atoms with Crippen molar-refractivity contribution in [3.8, 4) is 5.88 Å². The van der Waals surface area contributed by atoms with E-state index in [2.05, 4.69) is 16.6 Å². The van der Waals surface area contributed by atoms with Crippen molar-refractivity contribution in [1.29, 1.82) is 0 Å². The fourth-order valence-corrected chi connectivity index (χ4v) is 2.73. The zero-order valence-corrected chi connectivity index (χ0v) is 13.4. The lowest BCUT2D eigenvalue weighted by Crippen LogP contribution is -2.16. The highest BCUT2D eigenvalue weighted by Gasteiger charge is 2.15. The number of aliphatic imine (C=N–C) groups is 1. The summed E-state index contributed by atoms with van der Waals surface area (Å²) in [5.41, 5.74) is 3.37. The summed E-state index contributed by atoms with van der Waals surface area (Å²) in [6.45, 7) is 5.93. The largest absolute Gasteiger partial charge is 0.494 e. The number of hydrogen-bond acceptors (Lipinski definition) is 4. The molecule has 23 heavy (non-hydrogen) atoms. The van der Waals surface area contributed by atoms with Gasteiger partial charge in [-0.1, -0.05) is 18.2 Å². The van der Waals surface area contributed by atoms with Crippen LogP contribution in [-0.2, 0) is 6.54 Å². The van der Waals surface area contributed by atoms with E-state index in [0.717, 1.165) is 22.4 Å². The third-order valence-electron chi connectivity index (χ3n) is 3.63. The molecule has 0 bridgehead atoms. The number of nitrogens with zero attached hydrogens (tertiary/aromatic N) is 2. The predicted molar refractivity (Wildman–Crippen MR) is 95.0 cm³/mol. The minimum absolute atomic E-state index is 0.148. The first-order chi connectivity index (χ1) is 11.0. The molecular formula is C17H15N3O2S. The predicted octanol–water partition coefficient (Wildman–Crippen LogP) is 3.36. The van der Waals surface area contributed by atoms with E-state index >= 15 is 0 Å². The summed E-state index contributed by atoms with van der Waals surface area (Å²) >= 11 is 5.06. The van der Waals surface area contributed by atoms with Gasteiger partial charge in [-0.2, -0.15) is 0 Å². The quantitative estimate of drug-likeness (QED) is 0.671. The van der Waals surface area contributed by atoms with Crippen LogP contribution in [0, 0.1) is 11.7 Å². The molecule has 1 aliphatic rings. The Labute approximate surface area is 138 Å². The van der Waals surface area contributed by atoms with E-state index in [-0.39, 0.29) is 16.2 Å². The average Bonchev–Trinajstić information content (AvgIpc) is 2.90. The van der Waals surface area contributed by atoms with Gasteiger partial charge < -0.3 is 5.11 Å². The van der Waals surface area contributed by atoms with Crippen molar-refractivity contribution in [3.05, 3.63) is 62.7 Å². The van der Waals surface area contributed by atoms with Gasteiger partial charge in [-0.25, -0.2) is 0 Å². The van der Waals surface area contributed by atoms with Gasteiger partial charge >= 0.3 is 0 Å². The van der Waals surface area contributed by atoms with E-state index in [1.54, 1.807) is 18.4 Å². The van der Waals surface area contributed by atoms with Crippen molar-refractivity contribution in [2.45, 2.75) is 13.5 Å². The molecule has 0 amide bonds. The van der Waals surface area contributed by atoms with Crippen LogP contribution < -0.4 is 5.56 Å². The molecule has 0 aliphatic carbocycles. The zero-order chi connectivity index (χ0) is 16.6. The van der Waals surface area contributed by atoms with Crippen LogP contribution in [0.15, 0.2) is 40.6 Å². The highest BCUT2D eigenvalue weighted by atomic mass is 32.1. The number of allylic oxidation sites excluding steroid dienone is 2. The first-order valence-corrected chi connectivity index (χ1v) is 7.46. The number of aromatic nitrogens is 2. The lowest BCUT2D eigenvalue weighted by atomic mass is 10.0. The number of aromatic hydroxyl groups is 1. The molecule has 0 fully saturated rings. The lowest BCUT2D eigenvalue weighted by molar-refractivity contribution is 0.413. The van der Waals surface area contributed by atoms with Crippen LogP contribution in [0.5, 0.6) is 5.88 Å². The van der Waals surface area contributed by atoms with E-state index in [9.17, 15) is 9.90 Å². The Morgan fingerprint density at radius 1 is 1.48 bits per heavy atom. The first kappa shape index (κ1) is 15.2. The Hall–Kier alpha value is -2.73. The van der Waals surface area contributed by atoms with Gasteiger partial charge in [0.2, 0.25) is 5.88 Å². The molecule has 116 valence electrons. The Kier molecular flexibility index (Phi) is 3.83. The van der Waals surface area contributed by atoms with Crippen LogP contribution in [0.3, 0.4) is 0 Å². The Morgan fingerprint density at radius 3 is 3.00 bits per heavy atom. The van der Waals surface area contributed by atoms with E-state index in [1.807, 2.05) is 25.1 Å². The molecule has 0 atom stereocenters. The molecule has 2 N–H and O–H groups in total. The summed E-state index contributed by atoms with van der Waals surface area (Å²) in [4.78, 5) is 19.1. The number of aromatic amines is 1. The Balaban J connectivity index is 2.17. The van der Waals surface area contributed by atoms with Crippen LogP contribution in [-0.4, -0.2) is 20.9 Å². The van der Waals surface area contributed by atoms with Crippen LogP contribution in [0.1, 0.15) is 16.7 Å². The molecule has 5 nitrogen and oxygen atoms in total. The van der Waals surface area contributed by atoms with Crippen molar-refractivity contribution < 1.29 is 5.11 Å². The van der Waals surface area contributed by atoms with E-state index < -0.39 is 5.56 Å². The van der Waals surface area contributed by atoms with Crippen LogP contribution in [0.4, 0.5) is 5.69 Å². The molecule has 0 unspecified atom stereocenters. The minimum atomic E-state index is -0.436. The van der Waals surface area contributed by atoms with Crippen LogP contribution >= 0.6 is 12.2 Å². The maximum Gasteiger partial charge on any atom is 0.262 e. The highest BCUT2D eigenvalue weighted by Crippen LogP contribution is 2.33. The Bertz CT molecular complexity index is 980. The molecule has 0 spiro atoms. The topological polar surface area (TPSA) is 70.4 Å². The Morgan fingerprint density at radius 2 is 2.26 bits per heavy atom. The van der Waals surface area contributed by atoms with E-state index in [4.69, 9.17) is 12.2 Å². The van der Waals surface area contributed by atoms with Gasteiger partial charge in [-0.05, 0) is 36.8 Å². The van der Waals surface area contributed by atoms with Gasteiger partial charge in [0.05, 0.1) is 5.69 Å². The van der Waals surface area contributed by atoms with Crippen molar-refractivity contribution in [2.24, 2.45) is 4.99 Å². The van der Waals surface area contributed by atoms with Gasteiger partial charge in [0.25, 0.3) is 5.56 Å². The first-order valence-electron chi connectivity index (χ1n) is 7.05. The molecule has 0 saturated heterocycles. The number of rotatable bonds is 3. The molecule has 2 heterocycles. The van der Waals surface area contributed by atoms with Gasteiger partial charge in [0.15, 0.2) is 4.77 Å². The zero-order valence-electron chi connectivity index (χ0n) is 12.5. The summed E-state index contributed by atoms with van der Waals surface area (Å²) in [6, 6.07) is 5.91. The van der Waals surface area contributed by atoms with E-state index in [1.165, 1.54) is 4.57 Å². The van der Waals surface area contributed by atoms with Crippen molar-refractivity contribution in [2.75, 3.05) is 0 Å². The number of H-pyrrole nitrogens is 1. The fraction of sp³-hybridized carbons (Fsp3) is 0.118. The second-order valence-corrected chi connectivity index (χ2v) is 5.66. The normalized spacial score (nSPS) is 14.2. The monoisotopic (exact) mass is 325 g/mol. The molecule has 1 aliphatic heterocycles. The van der Waals surface area contributed by atoms with Gasteiger partial charge in [0.1, 0.15) is 5.56 Å². The van der Waals surface area contributed by atoms with Crippen molar-refractivity contribution in [1.82, 2.24) is 9.55 Å². The summed E-state index contributed by atoms with van der Waals surface area (Å²) in [6.07, 6.45) is 4.90. The maximum atomic E-state index is 12.2. The van der Waals surface area contributed by atoms with Gasteiger partial charge in [0, 0.05) is 23.9 Å². The van der Waals surface area contributed by atoms with Gasteiger partial charge in [-0.15, -0.1) is 6.58 Å². The minimum Gasteiger partial charge on any atom is -0.494 e.